The number of hydrogen-bond donors (Lipinski definition) is 1. The van der Waals surface area contributed by atoms with Gasteiger partial charge in [-0.2, -0.15) is 0 Å². The summed E-state index contributed by atoms with van der Waals surface area (Å²) < 4.78 is 24.5. The van der Waals surface area contributed by atoms with Crippen molar-refractivity contribution >= 4 is 15.8 Å². The van der Waals surface area contributed by atoms with Gasteiger partial charge in [-0.05, 0) is 30.2 Å². The molecule has 1 N–H and O–H groups in total. The Morgan fingerprint density at radius 2 is 2.05 bits per heavy atom. The first-order chi connectivity index (χ1) is 9.26. The summed E-state index contributed by atoms with van der Waals surface area (Å²) in [6, 6.07) is 0. The first-order valence-electron chi connectivity index (χ1n) is 6.45. The minimum Gasteiger partial charge on any atom is -0.481 e. The summed E-state index contributed by atoms with van der Waals surface area (Å²) in [6.07, 6.45) is 3.94. The average Bonchev–Trinajstić information content (AvgIpc) is 2.97. The number of tetrazole rings is 1. The molecule has 0 aromatic carbocycles. The number of carboxylic acid groups (broad SMARTS) is 1. The van der Waals surface area contributed by atoms with Crippen LogP contribution in [0.3, 0.4) is 0 Å². The van der Waals surface area contributed by atoms with Crippen LogP contribution in [-0.2, 0) is 21.2 Å². The topological polar surface area (TPSA) is 115 Å². The minimum absolute atomic E-state index is 0.116. The highest BCUT2D eigenvalue weighted by Crippen LogP contribution is 2.40. The molecule has 0 bridgehead atoms. The van der Waals surface area contributed by atoms with E-state index in [1.165, 1.54) is 11.6 Å². The van der Waals surface area contributed by atoms with Crippen molar-refractivity contribution in [2.45, 2.75) is 44.4 Å². The van der Waals surface area contributed by atoms with Crippen molar-refractivity contribution in [3.8, 4) is 0 Å². The van der Waals surface area contributed by atoms with Crippen LogP contribution in [0.2, 0.25) is 0 Å². The zero-order chi connectivity index (χ0) is 15.0. The van der Waals surface area contributed by atoms with E-state index in [2.05, 4.69) is 15.5 Å². The van der Waals surface area contributed by atoms with Crippen LogP contribution in [0, 0.1) is 5.41 Å². The zero-order valence-electron chi connectivity index (χ0n) is 11.5. The fourth-order valence-corrected chi connectivity index (χ4v) is 3.14. The predicted molar refractivity (Wildman–Crippen MR) is 69.6 cm³/mol. The van der Waals surface area contributed by atoms with Gasteiger partial charge in [0.05, 0.1) is 12.0 Å². The maximum Gasteiger partial charge on any atom is 0.311 e. The Labute approximate surface area is 117 Å². The summed E-state index contributed by atoms with van der Waals surface area (Å²) in [4.78, 5) is 11.5. The van der Waals surface area contributed by atoms with Gasteiger partial charge < -0.3 is 5.11 Å². The highest BCUT2D eigenvalue weighted by molar-refractivity contribution is 7.90. The third kappa shape index (κ3) is 2.67. The lowest BCUT2D eigenvalue weighted by atomic mass is 9.86. The van der Waals surface area contributed by atoms with Gasteiger partial charge in [0.15, 0.2) is 15.7 Å². The van der Waals surface area contributed by atoms with E-state index in [1.54, 1.807) is 0 Å². The molecule has 1 aromatic rings. The maximum atomic E-state index is 11.6. The van der Waals surface area contributed by atoms with Crippen molar-refractivity contribution in [3.63, 3.8) is 0 Å². The molecule has 1 aliphatic rings. The highest BCUT2D eigenvalue weighted by atomic mass is 32.2. The predicted octanol–water partition coefficient (Wildman–Crippen LogP) is 0.424. The van der Waals surface area contributed by atoms with Gasteiger partial charge in [-0.25, -0.2) is 13.1 Å². The number of carboxylic acids is 1. The number of carbonyl (C=O) groups is 1. The third-order valence-electron chi connectivity index (χ3n) is 4.03. The van der Waals surface area contributed by atoms with E-state index in [0.29, 0.717) is 12.8 Å². The van der Waals surface area contributed by atoms with E-state index < -0.39 is 26.5 Å². The quantitative estimate of drug-likeness (QED) is 0.838. The standard InChI is InChI=1S/C11H18N4O4S/c1-8(20(2,18)19)9-12-13-14-15(9)7-11(10(16)17)5-3-4-6-11/h8H,3-7H2,1-2H3,(H,16,17). The van der Waals surface area contributed by atoms with Crippen molar-refractivity contribution in [1.82, 2.24) is 20.2 Å². The van der Waals surface area contributed by atoms with Gasteiger partial charge in [-0.3, -0.25) is 4.79 Å². The van der Waals surface area contributed by atoms with Crippen LogP contribution < -0.4 is 0 Å². The van der Waals surface area contributed by atoms with E-state index in [-0.39, 0.29) is 12.4 Å². The molecule has 1 aromatic heterocycles. The molecule has 0 spiro atoms. The van der Waals surface area contributed by atoms with Gasteiger partial charge in [-0.15, -0.1) is 5.10 Å². The van der Waals surface area contributed by atoms with Gasteiger partial charge in [0.25, 0.3) is 0 Å². The van der Waals surface area contributed by atoms with Crippen molar-refractivity contribution in [3.05, 3.63) is 5.82 Å². The number of rotatable bonds is 5. The van der Waals surface area contributed by atoms with Gasteiger partial charge in [-0.1, -0.05) is 12.8 Å². The molecule has 1 unspecified atom stereocenters. The first kappa shape index (κ1) is 14.9. The van der Waals surface area contributed by atoms with Crippen LogP contribution in [-0.4, -0.2) is 46.0 Å². The molecule has 1 atom stereocenters. The van der Waals surface area contributed by atoms with Crippen molar-refractivity contribution in [1.29, 1.82) is 0 Å². The van der Waals surface area contributed by atoms with Crippen LogP contribution in [0.4, 0.5) is 0 Å². The van der Waals surface area contributed by atoms with Gasteiger partial charge in [0.2, 0.25) is 0 Å². The van der Waals surface area contributed by atoms with E-state index >= 15 is 0 Å². The zero-order valence-corrected chi connectivity index (χ0v) is 12.3. The molecule has 0 amide bonds. The number of aliphatic carboxylic acids is 1. The van der Waals surface area contributed by atoms with Crippen LogP contribution in [0.1, 0.15) is 43.7 Å². The summed E-state index contributed by atoms with van der Waals surface area (Å²) in [6.45, 7) is 1.62. The molecular weight excluding hydrogens is 284 g/mol. The lowest BCUT2D eigenvalue weighted by Crippen LogP contribution is -2.34. The molecule has 1 saturated carbocycles. The summed E-state index contributed by atoms with van der Waals surface area (Å²) in [5, 5.41) is 19.6. The molecule has 1 fully saturated rings. The SMILES string of the molecule is CC(c1nnnn1CC1(C(=O)O)CCCC1)S(C)(=O)=O. The van der Waals surface area contributed by atoms with Gasteiger partial charge in [0.1, 0.15) is 5.25 Å². The van der Waals surface area contributed by atoms with Crippen molar-refractivity contribution in [2.75, 3.05) is 6.26 Å². The van der Waals surface area contributed by atoms with Crippen LogP contribution >= 0.6 is 0 Å². The third-order valence-corrected chi connectivity index (χ3v) is 5.53. The summed E-state index contributed by atoms with van der Waals surface area (Å²) in [5.74, 6) is -0.677. The molecule has 2 rings (SSSR count). The van der Waals surface area contributed by atoms with Gasteiger partial charge >= 0.3 is 5.97 Å². The molecule has 8 nitrogen and oxygen atoms in total. The summed E-state index contributed by atoms with van der Waals surface area (Å²) in [5.41, 5.74) is -0.888. The molecule has 0 saturated heterocycles. The molecule has 112 valence electrons. The van der Waals surface area contributed by atoms with Crippen molar-refractivity contribution < 1.29 is 18.3 Å². The lowest BCUT2D eigenvalue weighted by molar-refractivity contribution is -0.149. The Morgan fingerprint density at radius 1 is 1.45 bits per heavy atom. The summed E-state index contributed by atoms with van der Waals surface area (Å²) >= 11 is 0. The molecule has 0 aliphatic heterocycles. The normalized spacial score (nSPS) is 19.9. The second-order valence-corrected chi connectivity index (χ2v) is 7.83. The largest absolute Gasteiger partial charge is 0.481 e. The molecule has 1 aliphatic carbocycles. The molecule has 9 heteroatoms. The fourth-order valence-electron chi connectivity index (χ4n) is 2.58. The Balaban J connectivity index is 2.31. The Morgan fingerprint density at radius 3 is 2.55 bits per heavy atom. The average molecular weight is 302 g/mol. The van der Waals surface area contributed by atoms with Gasteiger partial charge in [0, 0.05) is 6.26 Å². The number of hydrogen-bond acceptors (Lipinski definition) is 6. The Hall–Kier alpha value is -1.51. The highest BCUT2D eigenvalue weighted by Gasteiger charge is 2.43. The van der Waals surface area contributed by atoms with E-state index in [4.69, 9.17) is 0 Å². The molecule has 0 radical (unpaired) electrons. The van der Waals surface area contributed by atoms with Crippen LogP contribution in [0.25, 0.3) is 0 Å². The van der Waals surface area contributed by atoms with E-state index in [0.717, 1.165) is 19.1 Å². The summed E-state index contributed by atoms with van der Waals surface area (Å²) in [7, 11) is -3.33. The van der Waals surface area contributed by atoms with E-state index in [9.17, 15) is 18.3 Å². The van der Waals surface area contributed by atoms with Crippen LogP contribution in [0.5, 0.6) is 0 Å². The number of nitrogens with zero attached hydrogens (tertiary/aromatic N) is 4. The Bertz CT molecular complexity index is 604. The Kier molecular flexibility index (Phi) is 3.81. The molecule has 1 heterocycles. The van der Waals surface area contributed by atoms with E-state index in [1.807, 2.05) is 0 Å². The number of sulfone groups is 1. The smallest absolute Gasteiger partial charge is 0.311 e. The molecular formula is C11H18N4O4S. The second-order valence-electron chi connectivity index (χ2n) is 5.46. The monoisotopic (exact) mass is 302 g/mol. The number of aromatic nitrogens is 4. The maximum absolute atomic E-state index is 11.6. The van der Waals surface area contributed by atoms with Crippen LogP contribution in [0.15, 0.2) is 0 Å². The second kappa shape index (κ2) is 5.12. The lowest BCUT2D eigenvalue weighted by Gasteiger charge is -2.24. The first-order valence-corrected chi connectivity index (χ1v) is 8.40. The molecule has 20 heavy (non-hydrogen) atoms. The van der Waals surface area contributed by atoms with Crippen molar-refractivity contribution in [2.24, 2.45) is 5.41 Å². The fraction of sp³-hybridized carbons (Fsp3) is 0.818. The minimum atomic E-state index is -3.33.